The molecule has 0 saturated heterocycles. The highest BCUT2D eigenvalue weighted by molar-refractivity contribution is 7.05. The van der Waals surface area contributed by atoms with Crippen molar-refractivity contribution in [1.29, 1.82) is 0 Å². The van der Waals surface area contributed by atoms with Crippen LogP contribution in [0.3, 0.4) is 0 Å². The van der Waals surface area contributed by atoms with Crippen LogP contribution in [-0.4, -0.2) is 9.59 Å². The molecule has 0 fully saturated rings. The van der Waals surface area contributed by atoms with Crippen LogP contribution in [0, 0.1) is 0 Å². The second kappa shape index (κ2) is 3.99. The smallest absolute Gasteiger partial charge is 0.125 e. The number of nitrogens with zero attached hydrogens (tertiary/aromatic N) is 2. The van der Waals surface area contributed by atoms with Gasteiger partial charge in [0.15, 0.2) is 0 Å². The molecule has 0 aliphatic rings. The van der Waals surface area contributed by atoms with E-state index < -0.39 is 0 Å². The maximum absolute atomic E-state index is 6.14. The van der Waals surface area contributed by atoms with Gasteiger partial charge in [0.2, 0.25) is 0 Å². The average molecular weight is 237 g/mol. The number of rotatable bonds is 2. The lowest BCUT2D eigenvalue weighted by Gasteiger charge is -2.18. The largest absolute Gasteiger partial charge is 0.467 e. The monoisotopic (exact) mass is 237 g/mol. The van der Waals surface area contributed by atoms with Gasteiger partial charge in [-0.2, -0.15) is 0 Å². The van der Waals surface area contributed by atoms with Gasteiger partial charge in [0, 0.05) is 5.41 Å². The first-order valence-electron chi connectivity index (χ1n) is 5.12. The summed E-state index contributed by atoms with van der Waals surface area (Å²) in [5, 5.41) is 4.17. The third-order valence-electron chi connectivity index (χ3n) is 2.36. The fraction of sp³-hybridized carbons (Fsp3) is 0.455. The number of nitrogens with two attached hydrogens (primary N) is 1. The Balaban J connectivity index is 2.38. The van der Waals surface area contributed by atoms with Gasteiger partial charge in [0.05, 0.1) is 16.8 Å². The molecule has 0 saturated carbocycles. The zero-order chi connectivity index (χ0) is 11.8. The van der Waals surface area contributed by atoms with Crippen LogP contribution in [-0.2, 0) is 5.41 Å². The highest BCUT2D eigenvalue weighted by atomic mass is 32.1. The molecule has 2 aromatic rings. The van der Waals surface area contributed by atoms with Crippen LogP contribution >= 0.6 is 11.5 Å². The molecule has 2 rings (SSSR count). The number of furan rings is 1. The second-order valence-electron chi connectivity index (χ2n) is 4.73. The number of hydrogen-bond acceptors (Lipinski definition) is 5. The molecule has 0 amide bonds. The lowest BCUT2D eigenvalue weighted by atomic mass is 9.90. The van der Waals surface area contributed by atoms with Crippen molar-refractivity contribution in [2.75, 3.05) is 0 Å². The minimum atomic E-state index is -0.274. The molecule has 0 aliphatic carbocycles. The summed E-state index contributed by atoms with van der Waals surface area (Å²) < 4.78 is 9.30. The van der Waals surface area contributed by atoms with Crippen LogP contribution in [0.25, 0.3) is 0 Å². The van der Waals surface area contributed by atoms with Gasteiger partial charge in [-0.3, -0.25) is 0 Å². The fourth-order valence-corrected chi connectivity index (χ4v) is 2.39. The van der Waals surface area contributed by atoms with Gasteiger partial charge in [-0.1, -0.05) is 25.3 Å². The molecule has 4 nitrogen and oxygen atoms in total. The summed E-state index contributed by atoms with van der Waals surface area (Å²) in [7, 11) is 0. The molecule has 5 heteroatoms. The summed E-state index contributed by atoms with van der Waals surface area (Å²) in [4.78, 5) is 0.974. The third kappa shape index (κ3) is 2.01. The molecule has 0 aliphatic heterocycles. The summed E-state index contributed by atoms with van der Waals surface area (Å²) in [6, 6.07) is 3.43. The predicted octanol–water partition coefficient (Wildman–Crippen LogP) is 2.48. The van der Waals surface area contributed by atoms with Crippen LogP contribution in [0.5, 0.6) is 0 Å². The van der Waals surface area contributed by atoms with E-state index in [1.165, 1.54) is 11.5 Å². The quantitative estimate of drug-likeness (QED) is 0.871. The highest BCUT2D eigenvalue weighted by Gasteiger charge is 2.27. The SMILES string of the molecule is CC(C)(C)c1nnsc1C(N)c1ccco1. The Labute approximate surface area is 98.6 Å². The highest BCUT2D eigenvalue weighted by Crippen LogP contribution is 2.32. The fourth-order valence-electron chi connectivity index (χ4n) is 1.52. The summed E-state index contributed by atoms with van der Waals surface area (Å²) in [5.74, 6) is 0.747. The number of aromatic nitrogens is 2. The first-order chi connectivity index (χ1) is 7.50. The van der Waals surface area contributed by atoms with E-state index in [0.29, 0.717) is 0 Å². The Bertz CT molecular complexity index is 456. The van der Waals surface area contributed by atoms with Crippen molar-refractivity contribution in [3.05, 3.63) is 34.7 Å². The second-order valence-corrected chi connectivity index (χ2v) is 5.51. The van der Waals surface area contributed by atoms with Gasteiger partial charge < -0.3 is 10.2 Å². The zero-order valence-corrected chi connectivity index (χ0v) is 10.4. The molecule has 0 radical (unpaired) electrons. The molecule has 2 N–H and O–H groups in total. The molecule has 0 spiro atoms. The lowest BCUT2D eigenvalue weighted by molar-refractivity contribution is 0.484. The van der Waals surface area contributed by atoms with Gasteiger partial charge in [0.1, 0.15) is 11.8 Å². The molecule has 2 heterocycles. The molecule has 0 bridgehead atoms. The van der Waals surface area contributed by atoms with Crippen LogP contribution < -0.4 is 5.73 Å². The molecular formula is C11H15N3OS. The summed E-state index contributed by atoms with van der Waals surface area (Å²) in [6.45, 7) is 6.30. The zero-order valence-electron chi connectivity index (χ0n) is 9.60. The topological polar surface area (TPSA) is 64.9 Å². The Morgan fingerprint density at radius 2 is 2.19 bits per heavy atom. The van der Waals surface area contributed by atoms with E-state index in [1.807, 2.05) is 12.1 Å². The summed E-state index contributed by atoms with van der Waals surface area (Å²) in [5.41, 5.74) is 7.04. The Morgan fingerprint density at radius 1 is 1.44 bits per heavy atom. The lowest BCUT2D eigenvalue weighted by Crippen LogP contribution is -2.19. The Morgan fingerprint density at radius 3 is 2.75 bits per heavy atom. The third-order valence-corrected chi connectivity index (χ3v) is 3.16. The van der Waals surface area contributed by atoms with Gasteiger partial charge in [-0.05, 0) is 23.7 Å². The standard InChI is InChI=1S/C11H15N3OS/c1-11(2,3)10-9(16-14-13-10)8(12)7-5-4-6-15-7/h4-6,8H,12H2,1-3H3. The minimum Gasteiger partial charge on any atom is -0.467 e. The van der Waals surface area contributed by atoms with Crippen molar-refractivity contribution in [3.8, 4) is 0 Å². The van der Waals surface area contributed by atoms with E-state index in [4.69, 9.17) is 10.2 Å². The van der Waals surface area contributed by atoms with Crippen molar-refractivity contribution in [2.45, 2.75) is 32.2 Å². The van der Waals surface area contributed by atoms with Crippen molar-refractivity contribution < 1.29 is 4.42 Å². The Kier molecular flexibility index (Phi) is 2.82. The molecule has 16 heavy (non-hydrogen) atoms. The van der Waals surface area contributed by atoms with Gasteiger partial charge in [-0.15, -0.1) is 5.10 Å². The van der Waals surface area contributed by atoms with E-state index in [1.54, 1.807) is 6.26 Å². The molecule has 2 aromatic heterocycles. The van der Waals surface area contributed by atoms with Gasteiger partial charge >= 0.3 is 0 Å². The van der Waals surface area contributed by atoms with E-state index in [9.17, 15) is 0 Å². The van der Waals surface area contributed by atoms with Crippen LogP contribution in [0.1, 0.15) is 43.1 Å². The summed E-state index contributed by atoms with van der Waals surface area (Å²) >= 11 is 1.34. The molecule has 86 valence electrons. The molecular weight excluding hydrogens is 222 g/mol. The van der Waals surface area contributed by atoms with Crippen molar-refractivity contribution in [2.24, 2.45) is 5.73 Å². The predicted molar refractivity (Wildman–Crippen MR) is 63.3 cm³/mol. The van der Waals surface area contributed by atoms with Crippen molar-refractivity contribution >= 4 is 11.5 Å². The van der Waals surface area contributed by atoms with E-state index in [0.717, 1.165) is 16.3 Å². The van der Waals surface area contributed by atoms with Crippen LogP contribution in [0.15, 0.2) is 22.8 Å². The molecule has 1 unspecified atom stereocenters. The van der Waals surface area contributed by atoms with Crippen LogP contribution in [0.4, 0.5) is 0 Å². The first kappa shape index (κ1) is 11.3. The van der Waals surface area contributed by atoms with E-state index in [2.05, 4.69) is 30.4 Å². The van der Waals surface area contributed by atoms with Crippen molar-refractivity contribution in [3.63, 3.8) is 0 Å². The first-order valence-corrected chi connectivity index (χ1v) is 5.89. The summed E-state index contributed by atoms with van der Waals surface area (Å²) in [6.07, 6.45) is 1.63. The maximum Gasteiger partial charge on any atom is 0.125 e. The number of hydrogen-bond donors (Lipinski definition) is 1. The van der Waals surface area contributed by atoms with Gasteiger partial charge in [0.25, 0.3) is 0 Å². The Hall–Kier alpha value is -1.20. The van der Waals surface area contributed by atoms with Crippen LogP contribution in [0.2, 0.25) is 0 Å². The average Bonchev–Trinajstić information content (AvgIpc) is 2.87. The minimum absolute atomic E-state index is 0.0491. The van der Waals surface area contributed by atoms with E-state index >= 15 is 0 Å². The molecule has 1 atom stereocenters. The normalized spacial score (nSPS) is 14.0. The van der Waals surface area contributed by atoms with Crippen molar-refractivity contribution in [1.82, 2.24) is 9.59 Å². The molecule has 0 aromatic carbocycles. The van der Waals surface area contributed by atoms with E-state index in [-0.39, 0.29) is 11.5 Å². The van der Waals surface area contributed by atoms with Gasteiger partial charge in [-0.25, -0.2) is 0 Å². The maximum atomic E-state index is 6.14.